The Kier molecular flexibility index (Phi) is 7.87. The van der Waals surface area contributed by atoms with E-state index < -0.39 is 6.04 Å². The molecule has 0 heterocycles. The number of carbonyl (C=O) groups is 2. The number of carbonyl (C=O) groups excluding carboxylic acids is 2. The summed E-state index contributed by atoms with van der Waals surface area (Å²) in [6.07, 6.45) is 1.97. The van der Waals surface area contributed by atoms with Gasteiger partial charge in [0.05, 0.1) is 18.3 Å². The van der Waals surface area contributed by atoms with E-state index in [2.05, 4.69) is 10.6 Å². The Hall–Kier alpha value is -3.09. The number of nitrogens with zero attached hydrogens (tertiary/aromatic N) is 1. The lowest BCUT2D eigenvalue weighted by atomic mass is 10.0. The van der Waals surface area contributed by atoms with Crippen LogP contribution in [0.25, 0.3) is 11.1 Å². The first-order valence-electron chi connectivity index (χ1n) is 10.1. The van der Waals surface area contributed by atoms with Gasteiger partial charge in [-0.05, 0) is 44.0 Å². The fraction of sp³-hybridized carbons (Fsp3) is 0.200. The summed E-state index contributed by atoms with van der Waals surface area (Å²) in [5, 5.41) is 5.95. The second-order valence-electron chi connectivity index (χ2n) is 7.24. The van der Waals surface area contributed by atoms with Crippen LogP contribution in [0, 0.1) is 0 Å². The maximum atomic E-state index is 12.9. The highest BCUT2D eigenvalue weighted by Crippen LogP contribution is 2.28. The quantitative estimate of drug-likeness (QED) is 0.492. The number of likely N-dealkylation sites (N-methyl/N-ethyl adjacent to an activating group) is 1. The molecule has 0 bridgehead atoms. The second kappa shape index (κ2) is 10.8. The molecule has 2 N–H and O–H groups in total. The van der Waals surface area contributed by atoms with Crippen LogP contribution < -0.4 is 10.6 Å². The van der Waals surface area contributed by atoms with Crippen LogP contribution in [-0.4, -0.2) is 42.6 Å². The molecule has 3 aromatic carbocycles. The molecule has 0 spiro atoms. The lowest BCUT2D eigenvalue weighted by molar-refractivity contribution is -0.122. The zero-order valence-corrected chi connectivity index (χ0v) is 18.8. The first-order valence-corrected chi connectivity index (χ1v) is 11.3. The number of rotatable bonds is 8. The number of benzene rings is 3. The molecule has 5 nitrogen and oxygen atoms in total. The van der Waals surface area contributed by atoms with E-state index in [-0.39, 0.29) is 18.4 Å². The smallest absolute Gasteiger partial charge is 0.241 e. The van der Waals surface area contributed by atoms with Gasteiger partial charge in [0.25, 0.3) is 0 Å². The Labute approximate surface area is 187 Å². The molecule has 31 heavy (non-hydrogen) atoms. The SMILES string of the molecule is CSc1ccccc1NC(=O)CN(C)[C@@H](C)C(=O)Nc1ccccc1-c1ccccc1. The fourth-order valence-corrected chi connectivity index (χ4v) is 3.75. The zero-order chi connectivity index (χ0) is 22.2. The summed E-state index contributed by atoms with van der Waals surface area (Å²) in [5.74, 6) is -0.323. The minimum atomic E-state index is -0.481. The van der Waals surface area contributed by atoms with E-state index in [1.165, 1.54) is 0 Å². The first-order chi connectivity index (χ1) is 15.0. The van der Waals surface area contributed by atoms with Crippen molar-refractivity contribution >= 4 is 35.0 Å². The monoisotopic (exact) mass is 433 g/mol. The van der Waals surface area contributed by atoms with Crippen molar-refractivity contribution in [2.45, 2.75) is 17.9 Å². The first kappa shape index (κ1) is 22.6. The van der Waals surface area contributed by atoms with Gasteiger partial charge in [-0.1, -0.05) is 60.7 Å². The fourth-order valence-electron chi connectivity index (χ4n) is 3.20. The molecule has 6 heteroatoms. The van der Waals surface area contributed by atoms with Crippen LogP contribution in [0.2, 0.25) is 0 Å². The molecular weight excluding hydrogens is 406 g/mol. The van der Waals surface area contributed by atoms with Gasteiger partial charge >= 0.3 is 0 Å². The number of hydrogen-bond donors (Lipinski definition) is 2. The number of hydrogen-bond acceptors (Lipinski definition) is 4. The Bertz CT molecular complexity index is 1040. The van der Waals surface area contributed by atoms with Gasteiger partial charge in [-0.25, -0.2) is 0 Å². The highest BCUT2D eigenvalue weighted by atomic mass is 32.2. The van der Waals surface area contributed by atoms with Crippen LogP contribution >= 0.6 is 11.8 Å². The van der Waals surface area contributed by atoms with Gasteiger partial charge in [0, 0.05) is 16.1 Å². The van der Waals surface area contributed by atoms with Gasteiger partial charge in [0.2, 0.25) is 11.8 Å². The van der Waals surface area contributed by atoms with Crippen LogP contribution in [0.5, 0.6) is 0 Å². The van der Waals surface area contributed by atoms with Crippen LogP contribution in [-0.2, 0) is 9.59 Å². The Morgan fingerprint density at radius 1 is 0.871 bits per heavy atom. The van der Waals surface area contributed by atoms with Crippen molar-refractivity contribution in [3.8, 4) is 11.1 Å². The molecule has 0 fully saturated rings. The minimum absolute atomic E-state index is 0.109. The summed E-state index contributed by atoms with van der Waals surface area (Å²) in [4.78, 5) is 28.1. The Morgan fingerprint density at radius 2 is 1.48 bits per heavy atom. The molecule has 0 aliphatic rings. The normalized spacial score (nSPS) is 11.7. The molecule has 0 unspecified atom stereocenters. The average molecular weight is 434 g/mol. The van der Waals surface area contributed by atoms with E-state index in [1.54, 1.807) is 30.6 Å². The number of nitrogens with one attached hydrogen (secondary N) is 2. The number of thioether (sulfide) groups is 1. The number of amides is 2. The van der Waals surface area contributed by atoms with E-state index in [1.807, 2.05) is 85.1 Å². The highest BCUT2D eigenvalue weighted by Gasteiger charge is 2.21. The topological polar surface area (TPSA) is 61.4 Å². The maximum Gasteiger partial charge on any atom is 0.241 e. The van der Waals surface area contributed by atoms with Gasteiger partial charge in [-0.3, -0.25) is 14.5 Å². The third-order valence-electron chi connectivity index (χ3n) is 5.08. The van der Waals surface area contributed by atoms with Crippen LogP contribution in [0.4, 0.5) is 11.4 Å². The summed E-state index contributed by atoms with van der Waals surface area (Å²) < 4.78 is 0. The molecule has 0 radical (unpaired) electrons. The zero-order valence-electron chi connectivity index (χ0n) is 18.0. The lowest BCUT2D eigenvalue weighted by Gasteiger charge is -2.24. The summed E-state index contributed by atoms with van der Waals surface area (Å²) in [6.45, 7) is 1.90. The van der Waals surface area contributed by atoms with E-state index >= 15 is 0 Å². The van der Waals surface area contributed by atoms with Crippen LogP contribution in [0.1, 0.15) is 6.92 Å². The Balaban J connectivity index is 1.63. The van der Waals surface area contributed by atoms with Gasteiger partial charge in [-0.15, -0.1) is 11.8 Å². The van der Waals surface area contributed by atoms with Crippen molar-refractivity contribution in [2.24, 2.45) is 0 Å². The Morgan fingerprint density at radius 3 is 2.19 bits per heavy atom. The van der Waals surface area contributed by atoms with Crippen LogP contribution in [0.15, 0.2) is 83.8 Å². The molecule has 3 rings (SSSR count). The minimum Gasteiger partial charge on any atom is -0.324 e. The molecule has 3 aromatic rings. The summed E-state index contributed by atoms with van der Waals surface area (Å²) >= 11 is 1.58. The van der Waals surface area contributed by atoms with Crippen molar-refractivity contribution in [3.63, 3.8) is 0 Å². The van der Waals surface area contributed by atoms with Crippen molar-refractivity contribution < 1.29 is 9.59 Å². The molecule has 0 saturated heterocycles. The predicted molar refractivity (Wildman–Crippen MR) is 129 cm³/mol. The summed E-state index contributed by atoms with van der Waals surface area (Å²) in [5.41, 5.74) is 3.52. The third-order valence-corrected chi connectivity index (χ3v) is 5.88. The molecule has 0 saturated carbocycles. The summed E-state index contributed by atoms with van der Waals surface area (Å²) in [6, 6.07) is 24.8. The lowest BCUT2D eigenvalue weighted by Crippen LogP contribution is -2.43. The number of anilines is 2. The molecule has 0 aliphatic carbocycles. The average Bonchev–Trinajstić information content (AvgIpc) is 2.79. The third kappa shape index (κ3) is 5.96. The molecule has 0 aromatic heterocycles. The molecular formula is C25H27N3O2S. The molecule has 160 valence electrons. The van der Waals surface area contributed by atoms with E-state index in [0.29, 0.717) is 0 Å². The second-order valence-corrected chi connectivity index (χ2v) is 8.09. The van der Waals surface area contributed by atoms with Gasteiger partial charge < -0.3 is 10.6 Å². The largest absolute Gasteiger partial charge is 0.324 e. The van der Waals surface area contributed by atoms with E-state index in [4.69, 9.17) is 0 Å². The van der Waals surface area contributed by atoms with Gasteiger partial charge in [0.15, 0.2) is 0 Å². The van der Waals surface area contributed by atoms with Gasteiger partial charge in [-0.2, -0.15) is 0 Å². The van der Waals surface area contributed by atoms with Gasteiger partial charge in [0.1, 0.15) is 0 Å². The maximum absolute atomic E-state index is 12.9. The summed E-state index contributed by atoms with van der Waals surface area (Å²) in [7, 11) is 1.77. The van der Waals surface area contributed by atoms with Crippen molar-refractivity contribution in [1.82, 2.24) is 4.90 Å². The predicted octanol–water partition coefficient (Wildman–Crippen LogP) is 4.97. The van der Waals surface area contributed by atoms with E-state index in [0.717, 1.165) is 27.4 Å². The van der Waals surface area contributed by atoms with E-state index in [9.17, 15) is 9.59 Å². The molecule has 2 amide bonds. The molecule has 0 aliphatic heterocycles. The van der Waals surface area contributed by atoms with Crippen LogP contribution in [0.3, 0.4) is 0 Å². The standard InChI is InChI=1S/C25H27N3O2S/c1-18(28(2)17-24(29)26-22-15-9-10-16-23(22)31-3)25(30)27-21-14-8-7-13-20(21)19-11-5-4-6-12-19/h4-16,18H,17H2,1-3H3,(H,26,29)(H,27,30)/t18-/m0/s1. The number of para-hydroxylation sites is 2. The molecule has 1 atom stereocenters. The highest BCUT2D eigenvalue weighted by molar-refractivity contribution is 7.98. The van der Waals surface area contributed by atoms with Crippen molar-refractivity contribution in [1.29, 1.82) is 0 Å². The van der Waals surface area contributed by atoms with Crippen molar-refractivity contribution in [2.75, 3.05) is 30.5 Å². The van der Waals surface area contributed by atoms with Crippen molar-refractivity contribution in [3.05, 3.63) is 78.9 Å².